The number of hydrogen-bond donors (Lipinski definition) is 1. The Labute approximate surface area is 101 Å². The Kier molecular flexibility index (Phi) is 3.05. The average molecular weight is 228 g/mol. The molecule has 0 aliphatic rings. The van der Waals surface area contributed by atoms with Crippen LogP contribution in [0, 0.1) is 0 Å². The van der Waals surface area contributed by atoms with Gasteiger partial charge in [-0.2, -0.15) is 0 Å². The van der Waals surface area contributed by atoms with Crippen LogP contribution >= 0.6 is 0 Å². The minimum atomic E-state index is -0.391. The minimum Gasteiger partial charge on any atom is -0.508 e. The fourth-order valence-electron chi connectivity index (χ4n) is 1.71. The van der Waals surface area contributed by atoms with E-state index in [1.165, 1.54) is 0 Å². The zero-order valence-electron chi connectivity index (χ0n) is 10.1. The Morgan fingerprint density at radius 3 is 2.06 bits per heavy atom. The van der Waals surface area contributed by atoms with Crippen LogP contribution in [-0.2, 0) is 5.60 Å². The number of rotatable bonds is 3. The molecule has 0 fully saturated rings. The molecule has 2 nitrogen and oxygen atoms in total. The standard InChI is InChI=1S/C15H16O2/c1-15(2,12-6-4-3-5-7-12)17-14-10-8-13(16)9-11-14/h3-11,16H,1-2H3. The van der Waals surface area contributed by atoms with Gasteiger partial charge >= 0.3 is 0 Å². The van der Waals surface area contributed by atoms with Gasteiger partial charge in [0.15, 0.2) is 0 Å². The van der Waals surface area contributed by atoms with Gasteiger partial charge in [0.25, 0.3) is 0 Å². The van der Waals surface area contributed by atoms with Crippen LogP contribution in [0.2, 0.25) is 0 Å². The first-order valence-electron chi connectivity index (χ1n) is 5.61. The molecule has 0 bridgehead atoms. The maximum absolute atomic E-state index is 9.22. The van der Waals surface area contributed by atoms with Crippen molar-refractivity contribution in [1.29, 1.82) is 0 Å². The highest BCUT2D eigenvalue weighted by Gasteiger charge is 2.22. The molecule has 0 aliphatic heterocycles. The normalized spacial score (nSPS) is 11.2. The van der Waals surface area contributed by atoms with Crippen LogP contribution in [0.3, 0.4) is 0 Å². The van der Waals surface area contributed by atoms with E-state index in [9.17, 15) is 5.11 Å². The van der Waals surface area contributed by atoms with Crippen molar-refractivity contribution in [1.82, 2.24) is 0 Å². The predicted molar refractivity (Wildman–Crippen MR) is 68.2 cm³/mol. The molecule has 0 heterocycles. The van der Waals surface area contributed by atoms with Gasteiger partial charge in [-0.15, -0.1) is 0 Å². The molecule has 0 spiro atoms. The van der Waals surface area contributed by atoms with E-state index in [1.54, 1.807) is 24.3 Å². The van der Waals surface area contributed by atoms with E-state index >= 15 is 0 Å². The summed E-state index contributed by atoms with van der Waals surface area (Å²) >= 11 is 0. The molecule has 0 saturated heterocycles. The van der Waals surface area contributed by atoms with Crippen LogP contribution in [0.25, 0.3) is 0 Å². The molecule has 1 N–H and O–H groups in total. The van der Waals surface area contributed by atoms with Gasteiger partial charge in [0, 0.05) is 0 Å². The zero-order chi connectivity index (χ0) is 12.3. The van der Waals surface area contributed by atoms with Crippen LogP contribution in [0.15, 0.2) is 54.6 Å². The summed E-state index contributed by atoms with van der Waals surface area (Å²) in [6, 6.07) is 16.8. The second-order valence-corrected chi connectivity index (χ2v) is 4.47. The van der Waals surface area contributed by atoms with Gasteiger partial charge in [-0.05, 0) is 43.7 Å². The lowest BCUT2D eigenvalue weighted by Gasteiger charge is -2.27. The Hall–Kier alpha value is -1.96. The first kappa shape index (κ1) is 11.5. The van der Waals surface area contributed by atoms with Crippen LogP contribution in [-0.4, -0.2) is 5.11 Å². The quantitative estimate of drug-likeness (QED) is 0.867. The van der Waals surface area contributed by atoms with Crippen molar-refractivity contribution >= 4 is 0 Å². The van der Waals surface area contributed by atoms with Crippen molar-refractivity contribution in [3.8, 4) is 11.5 Å². The average Bonchev–Trinajstić information content (AvgIpc) is 2.33. The summed E-state index contributed by atoms with van der Waals surface area (Å²) in [5, 5.41) is 9.22. The van der Waals surface area contributed by atoms with Crippen molar-refractivity contribution in [3.05, 3.63) is 60.2 Å². The molecular formula is C15H16O2. The lowest BCUT2D eigenvalue weighted by Crippen LogP contribution is -2.25. The van der Waals surface area contributed by atoms with Crippen molar-refractivity contribution in [2.45, 2.75) is 19.4 Å². The van der Waals surface area contributed by atoms with Gasteiger partial charge in [0.2, 0.25) is 0 Å². The van der Waals surface area contributed by atoms with Crippen LogP contribution in [0.1, 0.15) is 19.4 Å². The Bertz CT molecular complexity index is 472. The third-order valence-corrected chi connectivity index (χ3v) is 2.68. The molecule has 0 aromatic heterocycles. The fourth-order valence-corrected chi connectivity index (χ4v) is 1.71. The molecule has 0 atom stereocenters. The molecule has 17 heavy (non-hydrogen) atoms. The predicted octanol–water partition coefficient (Wildman–Crippen LogP) is 3.71. The number of phenolic OH excluding ortho intramolecular Hbond substituents is 1. The first-order valence-corrected chi connectivity index (χ1v) is 5.61. The summed E-state index contributed by atoms with van der Waals surface area (Å²) in [5.74, 6) is 0.992. The largest absolute Gasteiger partial charge is 0.508 e. The molecule has 2 rings (SSSR count). The fraction of sp³-hybridized carbons (Fsp3) is 0.200. The van der Waals surface area contributed by atoms with E-state index in [2.05, 4.69) is 0 Å². The zero-order valence-corrected chi connectivity index (χ0v) is 10.1. The highest BCUT2D eigenvalue weighted by atomic mass is 16.5. The van der Waals surface area contributed by atoms with Crippen molar-refractivity contribution < 1.29 is 9.84 Å². The van der Waals surface area contributed by atoms with Crippen molar-refractivity contribution in [2.75, 3.05) is 0 Å². The van der Waals surface area contributed by atoms with Gasteiger partial charge < -0.3 is 9.84 Å². The first-order chi connectivity index (χ1) is 8.08. The van der Waals surface area contributed by atoms with E-state index < -0.39 is 5.60 Å². The lowest BCUT2D eigenvalue weighted by molar-refractivity contribution is 0.109. The highest BCUT2D eigenvalue weighted by Crippen LogP contribution is 2.28. The molecule has 0 radical (unpaired) electrons. The monoisotopic (exact) mass is 228 g/mol. The van der Waals surface area contributed by atoms with E-state index in [0.717, 1.165) is 11.3 Å². The van der Waals surface area contributed by atoms with Crippen molar-refractivity contribution in [3.63, 3.8) is 0 Å². The maximum atomic E-state index is 9.22. The summed E-state index contributed by atoms with van der Waals surface area (Å²) in [7, 11) is 0. The van der Waals surface area contributed by atoms with Gasteiger partial charge in [-0.3, -0.25) is 0 Å². The molecule has 0 amide bonds. The SMILES string of the molecule is CC(C)(Oc1ccc(O)cc1)c1ccccc1. The molecule has 2 heteroatoms. The van der Waals surface area contributed by atoms with Gasteiger partial charge in [0.1, 0.15) is 17.1 Å². The number of benzene rings is 2. The number of aromatic hydroxyl groups is 1. The summed E-state index contributed by atoms with van der Waals surface area (Å²) < 4.78 is 5.93. The molecule has 2 aromatic carbocycles. The van der Waals surface area contributed by atoms with Crippen LogP contribution < -0.4 is 4.74 Å². The Morgan fingerprint density at radius 1 is 0.882 bits per heavy atom. The summed E-state index contributed by atoms with van der Waals surface area (Å²) in [6.07, 6.45) is 0. The van der Waals surface area contributed by atoms with Gasteiger partial charge in [0.05, 0.1) is 0 Å². The molecule has 2 aromatic rings. The summed E-state index contributed by atoms with van der Waals surface area (Å²) in [4.78, 5) is 0. The third-order valence-electron chi connectivity index (χ3n) is 2.68. The number of ether oxygens (including phenoxy) is 1. The summed E-state index contributed by atoms with van der Waals surface area (Å²) in [5.41, 5.74) is 0.728. The Balaban J connectivity index is 2.20. The minimum absolute atomic E-state index is 0.245. The topological polar surface area (TPSA) is 29.5 Å². The molecule has 0 aliphatic carbocycles. The molecule has 0 saturated carbocycles. The van der Waals surface area contributed by atoms with Crippen LogP contribution in [0.5, 0.6) is 11.5 Å². The molecule has 0 unspecified atom stereocenters. The van der Waals surface area contributed by atoms with Crippen LogP contribution in [0.4, 0.5) is 0 Å². The van der Waals surface area contributed by atoms with E-state index in [4.69, 9.17) is 4.74 Å². The van der Waals surface area contributed by atoms with Crippen molar-refractivity contribution in [2.24, 2.45) is 0 Å². The van der Waals surface area contributed by atoms with Gasteiger partial charge in [-0.1, -0.05) is 30.3 Å². The third kappa shape index (κ3) is 2.78. The summed E-state index contributed by atoms with van der Waals surface area (Å²) in [6.45, 7) is 4.05. The lowest BCUT2D eigenvalue weighted by atomic mass is 9.98. The number of phenols is 1. The second-order valence-electron chi connectivity index (χ2n) is 4.47. The molecular weight excluding hydrogens is 212 g/mol. The second kappa shape index (κ2) is 4.50. The van der Waals surface area contributed by atoms with E-state index in [-0.39, 0.29) is 5.75 Å². The molecule has 88 valence electrons. The Morgan fingerprint density at radius 2 is 1.47 bits per heavy atom. The van der Waals surface area contributed by atoms with Gasteiger partial charge in [-0.25, -0.2) is 0 Å². The number of hydrogen-bond acceptors (Lipinski definition) is 2. The van der Waals surface area contributed by atoms with E-state index in [1.807, 2.05) is 44.2 Å². The van der Waals surface area contributed by atoms with E-state index in [0.29, 0.717) is 0 Å². The maximum Gasteiger partial charge on any atom is 0.128 e. The highest BCUT2D eigenvalue weighted by molar-refractivity contribution is 5.32. The smallest absolute Gasteiger partial charge is 0.128 e.